The first-order chi connectivity index (χ1) is 11.6. The highest BCUT2D eigenvalue weighted by atomic mass is 79.9. The lowest BCUT2D eigenvalue weighted by molar-refractivity contribution is 0.586. The maximum Gasteiger partial charge on any atom is 0.313 e. The average molecular weight is 390 g/mol. The number of nitrogens with zero attached hydrogens (tertiary/aromatic N) is 5. The van der Waals surface area contributed by atoms with E-state index in [1.807, 2.05) is 0 Å². The standard InChI is InChI=1S/C14H9BrFN7O/c15-7-1-2-9(8(16)5-7)19-10-6-11-18-3-4-23(11)22-12(10)13-20-21-14(17)24-13/h1-6,19H,(H2,17,21). The predicted octanol–water partition coefficient (Wildman–Crippen LogP) is 3.01. The highest BCUT2D eigenvalue weighted by molar-refractivity contribution is 9.10. The number of rotatable bonds is 3. The Kier molecular flexibility index (Phi) is 3.38. The van der Waals surface area contributed by atoms with E-state index < -0.39 is 5.82 Å². The van der Waals surface area contributed by atoms with Gasteiger partial charge in [-0.25, -0.2) is 13.9 Å². The Balaban J connectivity index is 1.86. The summed E-state index contributed by atoms with van der Waals surface area (Å²) in [6.07, 6.45) is 3.26. The molecule has 24 heavy (non-hydrogen) atoms. The van der Waals surface area contributed by atoms with E-state index in [1.54, 1.807) is 35.1 Å². The zero-order chi connectivity index (χ0) is 16.7. The van der Waals surface area contributed by atoms with Crippen molar-refractivity contribution in [1.29, 1.82) is 0 Å². The summed E-state index contributed by atoms with van der Waals surface area (Å²) in [5.74, 6) is -0.313. The number of aromatic nitrogens is 5. The third kappa shape index (κ3) is 2.56. The minimum absolute atomic E-state index is 0.0849. The molecule has 0 aliphatic heterocycles. The molecule has 0 saturated heterocycles. The molecule has 4 rings (SSSR count). The molecule has 8 nitrogen and oxygen atoms in total. The number of imidazole rings is 1. The van der Waals surface area contributed by atoms with E-state index in [-0.39, 0.29) is 17.6 Å². The van der Waals surface area contributed by atoms with E-state index in [0.29, 0.717) is 21.5 Å². The van der Waals surface area contributed by atoms with Crippen LogP contribution in [0.4, 0.5) is 21.8 Å². The summed E-state index contributed by atoms with van der Waals surface area (Å²) >= 11 is 3.22. The van der Waals surface area contributed by atoms with E-state index in [4.69, 9.17) is 10.2 Å². The van der Waals surface area contributed by atoms with Crippen molar-refractivity contribution in [3.8, 4) is 11.6 Å². The second-order valence-electron chi connectivity index (χ2n) is 4.83. The zero-order valence-electron chi connectivity index (χ0n) is 11.9. The van der Waals surface area contributed by atoms with Crippen molar-refractivity contribution in [2.75, 3.05) is 11.1 Å². The summed E-state index contributed by atoms with van der Waals surface area (Å²) in [5, 5.41) is 14.8. The SMILES string of the molecule is Nc1nnc(-c2nn3ccnc3cc2Nc2ccc(Br)cc2F)o1. The van der Waals surface area contributed by atoms with Gasteiger partial charge in [0.25, 0.3) is 5.89 Å². The monoisotopic (exact) mass is 389 g/mol. The van der Waals surface area contributed by atoms with Gasteiger partial charge in [-0.3, -0.25) is 0 Å². The number of halogens is 2. The summed E-state index contributed by atoms with van der Waals surface area (Å²) in [6, 6.07) is 6.29. The molecule has 0 unspecified atom stereocenters. The maximum atomic E-state index is 14.1. The van der Waals surface area contributed by atoms with Gasteiger partial charge in [0, 0.05) is 22.9 Å². The summed E-state index contributed by atoms with van der Waals surface area (Å²) in [6.45, 7) is 0. The molecule has 0 radical (unpaired) electrons. The first-order valence-electron chi connectivity index (χ1n) is 6.76. The Morgan fingerprint density at radius 2 is 2.08 bits per heavy atom. The van der Waals surface area contributed by atoms with Gasteiger partial charge in [0.1, 0.15) is 5.82 Å². The molecule has 3 N–H and O–H groups in total. The van der Waals surface area contributed by atoms with Gasteiger partial charge in [0.15, 0.2) is 11.3 Å². The number of anilines is 3. The van der Waals surface area contributed by atoms with Crippen molar-refractivity contribution in [2.45, 2.75) is 0 Å². The van der Waals surface area contributed by atoms with Gasteiger partial charge in [-0.05, 0) is 18.2 Å². The minimum Gasteiger partial charge on any atom is -0.402 e. The molecule has 3 aromatic heterocycles. The maximum absolute atomic E-state index is 14.1. The number of nitrogens with one attached hydrogen (secondary N) is 1. The second-order valence-corrected chi connectivity index (χ2v) is 5.75. The van der Waals surface area contributed by atoms with Crippen LogP contribution in [0, 0.1) is 5.82 Å². The van der Waals surface area contributed by atoms with Gasteiger partial charge in [-0.1, -0.05) is 21.0 Å². The fourth-order valence-corrected chi connectivity index (χ4v) is 2.51. The van der Waals surface area contributed by atoms with Crippen LogP contribution < -0.4 is 11.1 Å². The number of hydrogen-bond donors (Lipinski definition) is 2. The van der Waals surface area contributed by atoms with E-state index in [2.05, 4.69) is 41.5 Å². The molecule has 4 aromatic rings. The molecule has 0 atom stereocenters. The lowest BCUT2D eigenvalue weighted by atomic mass is 10.2. The van der Waals surface area contributed by atoms with Gasteiger partial charge >= 0.3 is 6.01 Å². The first-order valence-corrected chi connectivity index (χ1v) is 7.55. The Bertz CT molecular complexity index is 1040. The van der Waals surface area contributed by atoms with Crippen molar-refractivity contribution in [2.24, 2.45) is 0 Å². The molecule has 1 aromatic carbocycles. The fraction of sp³-hybridized carbons (Fsp3) is 0. The molecule has 0 fully saturated rings. The number of nitrogen functional groups attached to an aromatic ring is 1. The van der Waals surface area contributed by atoms with Gasteiger partial charge in [0.2, 0.25) is 0 Å². The van der Waals surface area contributed by atoms with Gasteiger partial charge in [0.05, 0.1) is 11.4 Å². The number of benzene rings is 1. The lowest BCUT2D eigenvalue weighted by Gasteiger charge is -2.10. The molecule has 10 heteroatoms. The second kappa shape index (κ2) is 5.57. The zero-order valence-corrected chi connectivity index (χ0v) is 13.5. The van der Waals surface area contributed by atoms with Crippen molar-refractivity contribution < 1.29 is 8.81 Å². The molecular formula is C14H9BrFN7O. The van der Waals surface area contributed by atoms with Gasteiger partial charge < -0.3 is 15.5 Å². The topological polar surface area (TPSA) is 107 Å². The van der Waals surface area contributed by atoms with Gasteiger partial charge in [-0.2, -0.15) is 5.10 Å². The van der Waals surface area contributed by atoms with Crippen LogP contribution in [-0.2, 0) is 0 Å². The smallest absolute Gasteiger partial charge is 0.313 e. The van der Waals surface area contributed by atoms with Crippen LogP contribution in [0.5, 0.6) is 0 Å². The third-order valence-corrected chi connectivity index (χ3v) is 3.72. The first kappa shape index (κ1) is 14.6. The third-order valence-electron chi connectivity index (χ3n) is 3.23. The molecule has 120 valence electrons. The van der Waals surface area contributed by atoms with Crippen LogP contribution >= 0.6 is 15.9 Å². The van der Waals surface area contributed by atoms with Crippen LogP contribution in [0.25, 0.3) is 17.2 Å². The largest absolute Gasteiger partial charge is 0.402 e. The van der Waals surface area contributed by atoms with Crippen LogP contribution in [0.15, 0.2) is 45.5 Å². The molecule has 0 spiro atoms. The minimum atomic E-state index is -0.427. The molecule has 0 aliphatic rings. The summed E-state index contributed by atoms with van der Waals surface area (Å²) < 4.78 is 21.5. The fourth-order valence-electron chi connectivity index (χ4n) is 2.17. The van der Waals surface area contributed by atoms with E-state index in [1.165, 1.54) is 6.07 Å². The van der Waals surface area contributed by atoms with Crippen LogP contribution in [0.1, 0.15) is 0 Å². The number of fused-ring (bicyclic) bond motifs is 1. The van der Waals surface area contributed by atoms with Crippen molar-refractivity contribution in [3.05, 3.63) is 46.9 Å². The van der Waals surface area contributed by atoms with E-state index in [0.717, 1.165) is 0 Å². The van der Waals surface area contributed by atoms with E-state index in [9.17, 15) is 4.39 Å². The number of nitrogens with two attached hydrogens (primary N) is 1. The predicted molar refractivity (Wildman–Crippen MR) is 88.1 cm³/mol. The Labute approximate surface area is 142 Å². The number of hydrogen-bond acceptors (Lipinski definition) is 7. The van der Waals surface area contributed by atoms with Gasteiger partial charge in [-0.15, -0.1) is 5.10 Å². The molecule has 0 aliphatic carbocycles. The lowest BCUT2D eigenvalue weighted by Crippen LogP contribution is -2.02. The van der Waals surface area contributed by atoms with Crippen LogP contribution in [-0.4, -0.2) is 24.8 Å². The van der Waals surface area contributed by atoms with Crippen LogP contribution in [0.2, 0.25) is 0 Å². The summed E-state index contributed by atoms with van der Waals surface area (Å²) in [5.41, 5.74) is 7.11. The summed E-state index contributed by atoms with van der Waals surface area (Å²) in [4.78, 5) is 4.17. The highest BCUT2D eigenvalue weighted by Crippen LogP contribution is 2.30. The Hall–Kier alpha value is -3.01. The Morgan fingerprint density at radius 3 is 2.83 bits per heavy atom. The van der Waals surface area contributed by atoms with E-state index >= 15 is 0 Å². The highest BCUT2D eigenvalue weighted by Gasteiger charge is 2.17. The Morgan fingerprint density at radius 1 is 1.21 bits per heavy atom. The molecule has 0 saturated carbocycles. The van der Waals surface area contributed by atoms with Crippen LogP contribution in [0.3, 0.4) is 0 Å². The molecule has 0 amide bonds. The van der Waals surface area contributed by atoms with Crippen molar-refractivity contribution >= 4 is 39.0 Å². The van der Waals surface area contributed by atoms with Crippen molar-refractivity contribution in [1.82, 2.24) is 24.8 Å². The normalized spacial score (nSPS) is 11.1. The molecule has 3 heterocycles. The quantitative estimate of drug-likeness (QED) is 0.554. The average Bonchev–Trinajstić information content (AvgIpc) is 3.17. The molecule has 0 bridgehead atoms. The summed E-state index contributed by atoms with van der Waals surface area (Å²) in [7, 11) is 0. The molecular weight excluding hydrogens is 381 g/mol. The van der Waals surface area contributed by atoms with Crippen molar-refractivity contribution in [3.63, 3.8) is 0 Å².